The lowest BCUT2D eigenvalue weighted by Gasteiger charge is -2.12. The van der Waals surface area contributed by atoms with Crippen molar-refractivity contribution in [2.24, 2.45) is 0 Å². The molecular formula is C14H20N6OS. The summed E-state index contributed by atoms with van der Waals surface area (Å²) in [6.07, 6.45) is 5.01. The van der Waals surface area contributed by atoms with Crippen molar-refractivity contribution < 1.29 is 4.79 Å². The number of thiazole rings is 1. The van der Waals surface area contributed by atoms with Gasteiger partial charge in [0.1, 0.15) is 0 Å². The van der Waals surface area contributed by atoms with Crippen LogP contribution < -0.4 is 15.5 Å². The van der Waals surface area contributed by atoms with Gasteiger partial charge >= 0.3 is 6.03 Å². The van der Waals surface area contributed by atoms with Crippen molar-refractivity contribution in [3.8, 4) is 0 Å². The molecule has 1 unspecified atom stereocenters. The fourth-order valence-electron chi connectivity index (χ4n) is 1.73. The van der Waals surface area contributed by atoms with Gasteiger partial charge in [0.2, 0.25) is 5.95 Å². The van der Waals surface area contributed by atoms with Crippen LogP contribution >= 0.6 is 11.3 Å². The quantitative estimate of drug-likeness (QED) is 0.883. The Balaban J connectivity index is 1.82. The minimum Gasteiger partial charge on any atom is -0.347 e. The van der Waals surface area contributed by atoms with E-state index in [1.165, 1.54) is 4.88 Å². The summed E-state index contributed by atoms with van der Waals surface area (Å²) in [6.45, 7) is 4.58. The number of aromatic nitrogens is 3. The van der Waals surface area contributed by atoms with E-state index in [0.717, 1.165) is 5.01 Å². The van der Waals surface area contributed by atoms with Gasteiger partial charge < -0.3 is 15.5 Å². The number of carbonyl (C=O) groups excluding carboxylic acids is 1. The monoisotopic (exact) mass is 320 g/mol. The van der Waals surface area contributed by atoms with Crippen LogP contribution in [0.4, 0.5) is 16.4 Å². The number of amides is 2. The van der Waals surface area contributed by atoms with Crippen molar-refractivity contribution in [2.45, 2.75) is 19.8 Å². The molecule has 0 radical (unpaired) electrons. The summed E-state index contributed by atoms with van der Waals surface area (Å²) >= 11 is 1.65. The maximum atomic E-state index is 11.9. The standard InChI is InChI=1S/C14H20N6OS/c1-9(12-15-6-10(2)22-12)5-18-14(21)19-11-7-16-13(17-8-11)20(3)4/h6-9H,5H2,1-4H3,(H2,18,19,21). The lowest BCUT2D eigenvalue weighted by Crippen LogP contribution is -2.31. The van der Waals surface area contributed by atoms with Crippen LogP contribution in [0.3, 0.4) is 0 Å². The minimum absolute atomic E-state index is 0.178. The Morgan fingerprint density at radius 2 is 1.95 bits per heavy atom. The zero-order valence-electron chi connectivity index (χ0n) is 13.1. The molecule has 0 aromatic carbocycles. The first-order valence-corrected chi connectivity index (χ1v) is 7.74. The second kappa shape index (κ2) is 7.17. The van der Waals surface area contributed by atoms with Crippen LogP contribution in [-0.4, -0.2) is 41.6 Å². The van der Waals surface area contributed by atoms with Gasteiger partial charge in [0, 0.05) is 37.6 Å². The molecule has 0 aliphatic carbocycles. The molecule has 0 saturated heterocycles. The first-order chi connectivity index (χ1) is 10.5. The number of rotatable bonds is 5. The number of carbonyl (C=O) groups is 1. The van der Waals surface area contributed by atoms with Gasteiger partial charge in [-0.25, -0.2) is 19.7 Å². The largest absolute Gasteiger partial charge is 0.347 e. The van der Waals surface area contributed by atoms with Crippen molar-refractivity contribution >= 4 is 29.0 Å². The smallest absolute Gasteiger partial charge is 0.319 e. The lowest BCUT2D eigenvalue weighted by atomic mass is 10.2. The van der Waals surface area contributed by atoms with E-state index >= 15 is 0 Å². The number of hydrogen-bond acceptors (Lipinski definition) is 6. The lowest BCUT2D eigenvalue weighted by molar-refractivity contribution is 0.251. The van der Waals surface area contributed by atoms with Crippen LogP contribution in [0.25, 0.3) is 0 Å². The third kappa shape index (κ3) is 4.39. The van der Waals surface area contributed by atoms with Crippen LogP contribution in [0.2, 0.25) is 0 Å². The summed E-state index contributed by atoms with van der Waals surface area (Å²) in [6, 6.07) is -0.277. The van der Waals surface area contributed by atoms with Crippen molar-refractivity contribution in [3.05, 3.63) is 28.5 Å². The SMILES string of the molecule is Cc1cnc(C(C)CNC(=O)Nc2cnc(N(C)C)nc2)s1. The number of nitrogens with one attached hydrogen (secondary N) is 2. The van der Waals surface area contributed by atoms with Gasteiger partial charge in [0.15, 0.2) is 0 Å². The van der Waals surface area contributed by atoms with Gasteiger partial charge in [-0.15, -0.1) is 11.3 Å². The molecule has 0 bridgehead atoms. The molecule has 2 amide bonds. The predicted molar refractivity (Wildman–Crippen MR) is 88.6 cm³/mol. The predicted octanol–water partition coefficient (Wildman–Crippen LogP) is 2.23. The average molecular weight is 320 g/mol. The molecule has 0 aliphatic heterocycles. The Labute approximate surface area is 133 Å². The van der Waals surface area contributed by atoms with Crippen molar-refractivity contribution in [2.75, 3.05) is 30.9 Å². The molecule has 2 heterocycles. The fourth-order valence-corrected chi connectivity index (χ4v) is 2.55. The molecule has 0 saturated carbocycles. The summed E-state index contributed by atoms with van der Waals surface area (Å²) in [5.41, 5.74) is 0.556. The normalized spacial score (nSPS) is 11.8. The number of anilines is 2. The number of aryl methyl sites for hydroxylation is 1. The highest BCUT2D eigenvalue weighted by Gasteiger charge is 2.11. The van der Waals surface area contributed by atoms with Crippen LogP contribution in [-0.2, 0) is 0 Å². The van der Waals surface area contributed by atoms with E-state index in [4.69, 9.17) is 0 Å². The average Bonchev–Trinajstić information content (AvgIpc) is 2.92. The second-order valence-electron chi connectivity index (χ2n) is 5.21. The Hall–Kier alpha value is -2.22. The van der Waals surface area contributed by atoms with Crippen LogP contribution in [0, 0.1) is 6.92 Å². The Kier molecular flexibility index (Phi) is 5.26. The maximum Gasteiger partial charge on any atom is 0.319 e. The minimum atomic E-state index is -0.277. The fraction of sp³-hybridized carbons (Fsp3) is 0.429. The molecule has 7 nitrogen and oxygen atoms in total. The van der Waals surface area contributed by atoms with Gasteiger partial charge in [-0.05, 0) is 6.92 Å². The highest BCUT2D eigenvalue weighted by Crippen LogP contribution is 2.20. The van der Waals surface area contributed by atoms with E-state index in [9.17, 15) is 4.79 Å². The number of urea groups is 1. The van der Waals surface area contributed by atoms with Crippen LogP contribution in [0.5, 0.6) is 0 Å². The number of nitrogens with zero attached hydrogens (tertiary/aromatic N) is 4. The van der Waals surface area contributed by atoms with Gasteiger partial charge in [-0.1, -0.05) is 6.92 Å². The zero-order valence-corrected chi connectivity index (χ0v) is 13.9. The first-order valence-electron chi connectivity index (χ1n) is 6.92. The van der Waals surface area contributed by atoms with E-state index < -0.39 is 0 Å². The van der Waals surface area contributed by atoms with Gasteiger partial charge in [0.25, 0.3) is 0 Å². The number of hydrogen-bond donors (Lipinski definition) is 2. The summed E-state index contributed by atoms with van der Waals surface area (Å²) in [5, 5.41) is 6.56. The zero-order chi connectivity index (χ0) is 16.1. The summed E-state index contributed by atoms with van der Waals surface area (Å²) in [5.74, 6) is 0.774. The molecule has 2 rings (SSSR count). The molecule has 0 aliphatic rings. The van der Waals surface area contributed by atoms with Crippen LogP contribution in [0.1, 0.15) is 22.7 Å². The van der Waals surface area contributed by atoms with E-state index in [1.54, 1.807) is 28.6 Å². The highest BCUT2D eigenvalue weighted by atomic mass is 32.1. The van der Waals surface area contributed by atoms with E-state index in [-0.39, 0.29) is 11.9 Å². The summed E-state index contributed by atoms with van der Waals surface area (Å²) in [4.78, 5) is 27.4. The van der Waals surface area contributed by atoms with Crippen molar-refractivity contribution in [3.63, 3.8) is 0 Å². The van der Waals surface area contributed by atoms with Crippen molar-refractivity contribution in [1.82, 2.24) is 20.3 Å². The molecule has 118 valence electrons. The Morgan fingerprint density at radius 3 is 2.50 bits per heavy atom. The van der Waals surface area contributed by atoms with Crippen molar-refractivity contribution in [1.29, 1.82) is 0 Å². The third-order valence-corrected chi connectivity index (χ3v) is 4.07. The van der Waals surface area contributed by atoms with Gasteiger partial charge in [-0.2, -0.15) is 0 Å². The molecule has 2 aromatic rings. The molecular weight excluding hydrogens is 300 g/mol. The van der Waals surface area contributed by atoms with Crippen LogP contribution in [0.15, 0.2) is 18.6 Å². The van der Waals surface area contributed by atoms with E-state index in [1.807, 2.05) is 34.1 Å². The second-order valence-corrected chi connectivity index (χ2v) is 6.48. The van der Waals surface area contributed by atoms with Gasteiger partial charge in [-0.3, -0.25) is 0 Å². The molecule has 0 spiro atoms. The third-order valence-electron chi connectivity index (χ3n) is 2.93. The highest BCUT2D eigenvalue weighted by molar-refractivity contribution is 7.11. The van der Waals surface area contributed by atoms with E-state index in [0.29, 0.717) is 18.2 Å². The Bertz CT molecular complexity index is 625. The maximum absolute atomic E-state index is 11.9. The Morgan fingerprint density at radius 1 is 1.27 bits per heavy atom. The first kappa shape index (κ1) is 16.2. The molecule has 1 atom stereocenters. The summed E-state index contributed by atoms with van der Waals surface area (Å²) < 4.78 is 0. The molecule has 22 heavy (non-hydrogen) atoms. The summed E-state index contributed by atoms with van der Waals surface area (Å²) in [7, 11) is 3.72. The molecule has 2 N–H and O–H groups in total. The topological polar surface area (TPSA) is 83.0 Å². The molecule has 8 heteroatoms. The van der Waals surface area contributed by atoms with E-state index in [2.05, 4.69) is 25.6 Å². The molecule has 0 fully saturated rings. The van der Waals surface area contributed by atoms with Gasteiger partial charge in [0.05, 0.1) is 23.1 Å². The molecule has 2 aromatic heterocycles.